The van der Waals surface area contributed by atoms with Crippen molar-refractivity contribution in [3.05, 3.63) is 46.1 Å². The molecule has 0 unspecified atom stereocenters. The minimum atomic E-state index is -4.51. The normalized spacial score (nSPS) is 11.7. The minimum absolute atomic E-state index is 0.123. The van der Waals surface area contributed by atoms with E-state index in [0.29, 0.717) is 18.4 Å². The number of alkyl halides is 3. The van der Waals surface area contributed by atoms with E-state index in [-0.39, 0.29) is 36.3 Å². The van der Waals surface area contributed by atoms with Crippen molar-refractivity contribution in [3.8, 4) is 0 Å². The van der Waals surface area contributed by atoms with Crippen molar-refractivity contribution in [1.82, 2.24) is 29.9 Å². The fourth-order valence-corrected chi connectivity index (χ4v) is 3.18. The van der Waals surface area contributed by atoms with Gasteiger partial charge in [0.25, 0.3) is 5.78 Å². The lowest BCUT2D eigenvalue weighted by molar-refractivity contribution is -0.137. The van der Waals surface area contributed by atoms with Gasteiger partial charge in [-0.3, -0.25) is 4.79 Å². The smallest absolute Gasteiger partial charge is 0.367 e. The molecule has 0 saturated heterocycles. The van der Waals surface area contributed by atoms with Gasteiger partial charge in [-0.15, -0.1) is 0 Å². The number of nitrogens with one attached hydrogen (secondary N) is 2. The number of carbonyl (C=O) groups is 1. The molecule has 0 aromatic carbocycles. The van der Waals surface area contributed by atoms with Crippen molar-refractivity contribution in [3.63, 3.8) is 0 Å². The van der Waals surface area contributed by atoms with Crippen LogP contribution in [-0.4, -0.2) is 43.6 Å². The van der Waals surface area contributed by atoms with Crippen molar-refractivity contribution in [2.45, 2.75) is 32.9 Å². The standard InChI is InChI=1S/C18H19ClF3N7O/c1-10-13(11(2)29-17(28-10)26-9-27-29)3-4-15(30)23-5-6-24-16-14(19)7-12(8-25-16)18(20,21)22/h7-9H,3-6H2,1-2H3,(H,23,30)(H,24,25). The Labute approximate surface area is 174 Å². The second-order valence-corrected chi connectivity index (χ2v) is 6.97. The quantitative estimate of drug-likeness (QED) is 0.547. The summed E-state index contributed by atoms with van der Waals surface area (Å²) in [5, 5.41) is 9.52. The van der Waals surface area contributed by atoms with Crippen LogP contribution >= 0.6 is 11.6 Å². The maximum absolute atomic E-state index is 12.6. The van der Waals surface area contributed by atoms with Gasteiger partial charge in [-0.1, -0.05) is 11.6 Å². The van der Waals surface area contributed by atoms with Gasteiger partial charge in [-0.2, -0.15) is 23.3 Å². The maximum atomic E-state index is 12.6. The third-order valence-corrected chi connectivity index (χ3v) is 4.79. The predicted octanol–water partition coefficient (Wildman–Crippen LogP) is 2.97. The lowest BCUT2D eigenvalue weighted by Crippen LogP contribution is -2.29. The highest BCUT2D eigenvalue weighted by atomic mass is 35.5. The number of amides is 1. The molecule has 12 heteroatoms. The number of anilines is 1. The molecule has 0 bridgehead atoms. The number of rotatable bonds is 7. The first-order valence-corrected chi connectivity index (χ1v) is 9.43. The molecule has 160 valence electrons. The van der Waals surface area contributed by atoms with Crippen LogP contribution in [0.5, 0.6) is 0 Å². The van der Waals surface area contributed by atoms with E-state index in [1.807, 2.05) is 13.8 Å². The van der Waals surface area contributed by atoms with Crippen LogP contribution in [0.25, 0.3) is 5.78 Å². The number of nitrogens with zero attached hydrogens (tertiary/aromatic N) is 5. The second kappa shape index (κ2) is 8.82. The average molecular weight is 442 g/mol. The summed E-state index contributed by atoms with van der Waals surface area (Å²) in [6.07, 6.45) is -1.63. The zero-order chi connectivity index (χ0) is 21.9. The molecular formula is C18H19ClF3N7O. The zero-order valence-corrected chi connectivity index (χ0v) is 17.0. The molecule has 8 nitrogen and oxygen atoms in total. The third kappa shape index (κ3) is 4.96. The molecule has 0 spiro atoms. The van der Waals surface area contributed by atoms with E-state index in [0.717, 1.165) is 23.0 Å². The van der Waals surface area contributed by atoms with Crippen molar-refractivity contribution in [2.24, 2.45) is 0 Å². The molecule has 0 saturated carbocycles. The van der Waals surface area contributed by atoms with Crippen LogP contribution in [0.1, 0.15) is 28.9 Å². The molecule has 1 amide bonds. The lowest BCUT2D eigenvalue weighted by atomic mass is 10.1. The first-order chi connectivity index (χ1) is 14.2. The number of hydrogen-bond acceptors (Lipinski definition) is 6. The Bertz CT molecular complexity index is 1070. The number of aromatic nitrogens is 5. The summed E-state index contributed by atoms with van der Waals surface area (Å²) in [6, 6.07) is 0.806. The Morgan fingerprint density at radius 2 is 2.00 bits per heavy atom. The van der Waals surface area contributed by atoms with Crippen LogP contribution in [0.15, 0.2) is 18.6 Å². The van der Waals surface area contributed by atoms with E-state index in [1.165, 1.54) is 6.33 Å². The van der Waals surface area contributed by atoms with Crippen LogP contribution in [0.4, 0.5) is 19.0 Å². The first kappa shape index (κ1) is 21.8. The van der Waals surface area contributed by atoms with Gasteiger partial charge in [-0.25, -0.2) is 14.5 Å². The monoisotopic (exact) mass is 441 g/mol. The number of carbonyl (C=O) groups excluding carboxylic acids is 1. The fourth-order valence-electron chi connectivity index (χ4n) is 2.95. The van der Waals surface area contributed by atoms with Gasteiger partial charge in [0.15, 0.2) is 0 Å². The molecule has 0 aliphatic rings. The number of aryl methyl sites for hydroxylation is 2. The van der Waals surface area contributed by atoms with Crippen LogP contribution in [0, 0.1) is 13.8 Å². The molecule has 0 aliphatic heterocycles. The van der Waals surface area contributed by atoms with Crippen LogP contribution in [0.3, 0.4) is 0 Å². The van der Waals surface area contributed by atoms with E-state index in [2.05, 4.69) is 30.7 Å². The highest BCUT2D eigenvalue weighted by molar-refractivity contribution is 6.32. The molecule has 3 aromatic heterocycles. The predicted molar refractivity (Wildman–Crippen MR) is 104 cm³/mol. The summed E-state index contributed by atoms with van der Waals surface area (Å²) in [5.41, 5.74) is 1.69. The van der Waals surface area contributed by atoms with Gasteiger partial charge >= 0.3 is 6.18 Å². The Hall–Kier alpha value is -2.95. The van der Waals surface area contributed by atoms with E-state index >= 15 is 0 Å². The molecular weight excluding hydrogens is 423 g/mol. The van der Waals surface area contributed by atoms with E-state index in [9.17, 15) is 18.0 Å². The third-order valence-electron chi connectivity index (χ3n) is 4.50. The minimum Gasteiger partial charge on any atom is -0.367 e. The fraction of sp³-hybridized carbons (Fsp3) is 0.389. The molecule has 0 atom stereocenters. The molecule has 3 aromatic rings. The van der Waals surface area contributed by atoms with Crippen LogP contribution < -0.4 is 10.6 Å². The lowest BCUT2D eigenvalue weighted by Gasteiger charge is -2.12. The summed E-state index contributed by atoms with van der Waals surface area (Å²) in [6.45, 7) is 4.28. The maximum Gasteiger partial charge on any atom is 0.417 e. The summed E-state index contributed by atoms with van der Waals surface area (Å²) in [5.74, 6) is 0.470. The van der Waals surface area contributed by atoms with E-state index < -0.39 is 11.7 Å². The molecule has 0 fully saturated rings. The van der Waals surface area contributed by atoms with Crippen molar-refractivity contribution >= 4 is 29.1 Å². The Balaban J connectivity index is 1.47. The van der Waals surface area contributed by atoms with Crippen molar-refractivity contribution in [1.29, 1.82) is 0 Å². The summed E-state index contributed by atoms with van der Waals surface area (Å²) in [7, 11) is 0. The van der Waals surface area contributed by atoms with Crippen LogP contribution in [0.2, 0.25) is 5.02 Å². The van der Waals surface area contributed by atoms with E-state index in [4.69, 9.17) is 11.6 Å². The van der Waals surface area contributed by atoms with Gasteiger partial charge in [0.05, 0.1) is 10.6 Å². The number of halogens is 4. The largest absolute Gasteiger partial charge is 0.417 e. The molecule has 2 N–H and O–H groups in total. The van der Waals surface area contributed by atoms with Gasteiger partial charge in [0.1, 0.15) is 12.1 Å². The van der Waals surface area contributed by atoms with Gasteiger partial charge < -0.3 is 10.6 Å². The summed E-state index contributed by atoms with van der Waals surface area (Å²) in [4.78, 5) is 24.2. The van der Waals surface area contributed by atoms with Crippen molar-refractivity contribution in [2.75, 3.05) is 18.4 Å². The SMILES string of the molecule is Cc1nc2ncnn2c(C)c1CCC(=O)NCCNc1ncc(C(F)(F)F)cc1Cl. The Morgan fingerprint density at radius 1 is 1.23 bits per heavy atom. The summed E-state index contributed by atoms with van der Waals surface area (Å²) >= 11 is 5.83. The Kier molecular flexibility index (Phi) is 6.40. The topological polar surface area (TPSA) is 97.1 Å². The Morgan fingerprint density at radius 3 is 2.70 bits per heavy atom. The molecule has 3 rings (SSSR count). The average Bonchev–Trinajstić information content (AvgIpc) is 3.13. The molecule has 0 radical (unpaired) electrons. The van der Waals surface area contributed by atoms with Gasteiger partial charge in [0, 0.05) is 37.1 Å². The van der Waals surface area contributed by atoms with E-state index in [1.54, 1.807) is 4.52 Å². The molecule has 30 heavy (non-hydrogen) atoms. The number of fused-ring (bicyclic) bond motifs is 1. The zero-order valence-electron chi connectivity index (χ0n) is 16.2. The number of pyridine rings is 1. The number of hydrogen-bond donors (Lipinski definition) is 2. The van der Waals surface area contributed by atoms with Crippen molar-refractivity contribution < 1.29 is 18.0 Å². The van der Waals surface area contributed by atoms with Crippen LogP contribution in [-0.2, 0) is 17.4 Å². The summed E-state index contributed by atoms with van der Waals surface area (Å²) < 4.78 is 39.5. The highest BCUT2D eigenvalue weighted by Crippen LogP contribution is 2.32. The second-order valence-electron chi connectivity index (χ2n) is 6.56. The van der Waals surface area contributed by atoms with Gasteiger partial charge in [-0.05, 0) is 31.9 Å². The van der Waals surface area contributed by atoms with Gasteiger partial charge in [0.2, 0.25) is 5.91 Å². The molecule has 3 heterocycles. The highest BCUT2D eigenvalue weighted by Gasteiger charge is 2.31. The molecule has 0 aliphatic carbocycles. The first-order valence-electron chi connectivity index (χ1n) is 9.06.